The molecule has 8 heteroatoms. The van der Waals surface area contributed by atoms with Gasteiger partial charge in [-0.05, 0) is 19.1 Å². The molecule has 0 atom stereocenters. The zero-order valence-corrected chi connectivity index (χ0v) is 14.0. The van der Waals surface area contributed by atoms with E-state index in [0.717, 1.165) is 5.56 Å². The van der Waals surface area contributed by atoms with Crippen molar-refractivity contribution in [2.24, 2.45) is 5.41 Å². The molecule has 0 aliphatic rings. The molecule has 1 aromatic rings. The van der Waals surface area contributed by atoms with Crippen LogP contribution in [0.3, 0.4) is 0 Å². The minimum atomic E-state index is -4.36. The highest BCUT2D eigenvalue weighted by Gasteiger charge is 2.35. The molecule has 23 heavy (non-hydrogen) atoms. The van der Waals surface area contributed by atoms with Crippen molar-refractivity contribution in [2.45, 2.75) is 32.6 Å². The number of aryl methyl sites for hydroxylation is 1. The standard InChI is InChI=1S/C15H18O7S/c1-9-5-7-10(8-6-9)23(20,21)22-12(15(2,3)4)11(13(16)17)14(18)19/h5-8H,1-4H3,(H,16,17)(H,18,19). The maximum Gasteiger partial charge on any atom is 0.346 e. The number of rotatable bonds is 5. The molecule has 0 saturated carbocycles. The molecular weight excluding hydrogens is 324 g/mol. The number of aliphatic carboxylic acids is 2. The molecule has 0 unspecified atom stereocenters. The van der Waals surface area contributed by atoms with Crippen molar-refractivity contribution in [3.63, 3.8) is 0 Å². The van der Waals surface area contributed by atoms with Crippen LogP contribution in [0.5, 0.6) is 0 Å². The first-order valence-corrected chi connectivity index (χ1v) is 7.99. The van der Waals surface area contributed by atoms with Gasteiger partial charge in [0.05, 0.1) is 0 Å². The molecule has 7 nitrogen and oxygen atoms in total. The fourth-order valence-corrected chi connectivity index (χ4v) is 2.81. The summed E-state index contributed by atoms with van der Waals surface area (Å²) in [6, 6.07) is 5.69. The Hall–Kier alpha value is -2.35. The second-order valence-electron chi connectivity index (χ2n) is 5.91. The van der Waals surface area contributed by atoms with Gasteiger partial charge in [-0.15, -0.1) is 0 Å². The molecule has 2 N–H and O–H groups in total. The third-order valence-electron chi connectivity index (χ3n) is 2.84. The van der Waals surface area contributed by atoms with E-state index in [-0.39, 0.29) is 4.90 Å². The zero-order chi connectivity index (χ0) is 18.0. The van der Waals surface area contributed by atoms with Crippen LogP contribution in [-0.2, 0) is 23.9 Å². The van der Waals surface area contributed by atoms with E-state index in [2.05, 4.69) is 0 Å². The van der Waals surface area contributed by atoms with Gasteiger partial charge in [0, 0.05) is 5.41 Å². The first-order valence-electron chi connectivity index (χ1n) is 6.59. The Morgan fingerprint density at radius 1 is 1.00 bits per heavy atom. The second-order valence-corrected chi connectivity index (χ2v) is 7.46. The zero-order valence-electron chi connectivity index (χ0n) is 13.2. The van der Waals surface area contributed by atoms with Crippen LogP contribution in [0.2, 0.25) is 0 Å². The number of carboxylic acid groups (broad SMARTS) is 2. The molecule has 126 valence electrons. The van der Waals surface area contributed by atoms with Crippen LogP contribution >= 0.6 is 0 Å². The van der Waals surface area contributed by atoms with E-state index in [1.165, 1.54) is 32.9 Å². The Bertz CT molecular complexity index is 734. The summed E-state index contributed by atoms with van der Waals surface area (Å²) in [5.74, 6) is -4.19. The van der Waals surface area contributed by atoms with E-state index in [4.69, 9.17) is 14.4 Å². The van der Waals surface area contributed by atoms with Crippen molar-refractivity contribution in [1.82, 2.24) is 0 Å². The summed E-state index contributed by atoms with van der Waals surface area (Å²) in [7, 11) is -4.36. The molecule has 0 heterocycles. The van der Waals surface area contributed by atoms with Crippen LogP contribution in [0.4, 0.5) is 0 Å². The average Bonchev–Trinajstić information content (AvgIpc) is 2.36. The smallest absolute Gasteiger partial charge is 0.346 e. The van der Waals surface area contributed by atoms with Gasteiger partial charge in [-0.3, -0.25) is 0 Å². The summed E-state index contributed by atoms with van der Waals surface area (Å²) in [5.41, 5.74) is -1.44. The molecular formula is C15H18O7S. The molecule has 0 spiro atoms. The monoisotopic (exact) mass is 342 g/mol. The topological polar surface area (TPSA) is 118 Å². The predicted octanol–water partition coefficient (Wildman–Crippen LogP) is 2.17. The fraction of sp³-hybridized carbons (Fsp3) is 0.333. The van der Waals surface area contributed by atoms with E-state index in [9.17, 15) is 18.0 Å². The summed E-state index contributed by atoms with van der Waals surface area (Å²) in [6.07, 6.45) is 0. The van der Waals surface area contributed by atoms with Crippen LogP contribution in [0.25, 0.3) is 0 Å². The fourth-order valence-electron chi connectivity index (χ4n) is 1.69. The van der Waals surface area contributed by atoms with Gasteiger partial charge in [0.1, 0.15) is 10.7 Å². The molecule has 1 aromatic carbocycles. The lowest BCUT2D eigenvalue weighted by Gasteiger charge is -2.23. The largest absolute Gasteiger partial charge is 0.477 e. The lowest BCUT2D eigenvalue weighted by atomic mass is 9.90. The maximum absolute atomic E-state index is 12.3. The van der Waals surface area contributed by atoms with Crippen LogP contribution in [0.15, 0.2) is 40.5 Å². The van der Waals surface area contributed by atoms with E-state index in [1.807, 2.05) is 0 Å². The molecule has 0 aromatic heterocycles. The van der Waals surface area contributed by atoms with Gasteiger partial charge in [0.15, 0.2) is 5.57 Å². The molecule has 0 aliphatic heterocycles. The molecule has 0 amide bonds. The third kappa shape index (κ3) is 4.56. The van der Waals surface area contributed by atoms with Crippen molar-refractivity contribution in [1.29, 1.82) is 0 Å². The van der Waals surface area contributed by atoms with Crippen LogP contribution < -0.4 is 0 Å². The van der Waals surface area contributed by atoms with Crippen molar-refractivity contribution in [3.05, 3.63) is 41.2 Å². The van der Waals surface area contributed by atoms with Crippen molar-refractivity contribution in [3.8, 4) is 0 Å². The normalized spacial score (nSPS) is 11.7. The van der Waals surface area contributed by atoms with Gasteiger partial charge in [-0.25, -0.2) is 9.59 Å². The lowest BCUT2D eigenvalue weighted by Crippen LogP contribution is -2.25. The highest BCUT2D eigenvalue weighted by Crippen LogP contribution is 2.32. The van der Waals surface area contributed by atoms with Crippen LogP contribution in [0.1, 0.15) is 26.3 Å². The van der Waals surface area contributed by atoms with E-state index < -0.39 is 38.8 Å². The molecule has 0 fully saturated rings. The van der Waals surface area contributed by atoms with Crippen molar-refractivity contribution < 1.29 is 32.4 Å². The summed E-state index contributed by atoms with van der Waals surface area (Å²) >= 11 is 0. The third-order valence-corrected chi connectivity index (χ3v) is 4.07. The lowest BCUT2D eigenvalue weighted by molar-refractivity contribution is -0.140. The highest BCUT2D eigenvalue weighted by molar-refractivity contribution is 7.86. The van der Waals surface area contributed by atoms with Gasteiger partial charge in [-0.2, -0.15) is 8.42 Å². The van der Waals surface area contributed by atoms with E-state index in [0.29, 0.717) is 0 Å². The Kier molecular flexibility index (Phi) is 5.21. The number of hydrogen-bond donors (Lipinski definition) is 2. The first-order chi connectivity index (χ1) is 10.4. The minimum absolute atomic E-state index is 0.194. The Labute approximate surface area is 134 Å². The maximum atomic E-state index is 12.3. The Balaban J connectivity index is 3.48. The average molecular weight is 342 g/mol. The SMILES string of the molecule is Cc1ccc(S(=O)(=O)OC(=C(C(=O)O)C(=O)O)C(C)(C)C)cc1. The predicted molar refractivity (Wildman–Crippen MR) is 81.2 cm³/mol. The van der Waals surface area contributed by atoms with Crippen molar-refractivity contribution >= 4 is 22.1 Å². The van der Waals surface area contributed by atoms with Crippen molar-refractivity contribution in [2.75, 3.05) is 0 Å². The van der Waals surface area contributed by atoms with E-state index >= 15 is 0 Å². The van der Waals surface area contributed by atoms with Gasteiger partial charge < -0.3 is 14.4 Å². The Morgan fingerprint density at radius 2 is 1.43 bits per heavy atom. The van der Waals surface area contributed by atoms with Gasteiger partial charge >= 0.3 is 22.1 Å². The number of allylic oxidation sites excluding steroid dienone is 1. The summed E-state index contributed by atoms with van der Waals surface area (Å²) in [5, 5.41) is 18.1. The number of carboxylic acids is 2. The van der Waals surface area contributed by atoms with E-state index in [1.54, 1.807) is 19.1 Å². The molecule has 0 bridgehead atoms. The summed E-state index contributed by atoms with van der Waals surface area (Å²) in [6.45, 7) is 6.14. The quantitative estimate of drug-likeness (QED) is 0.277. The van der Waals surface area contributed by atoms with Crippen LogP contribution in [0, 0.1) is 12.3 Å². The minimum Gasteiger partial charge on any atom is -0.477 e. The Morgan fingerprint density at radius 3 is 1.78 bits per heavy atom. The highest BCUT2D eigenvalue weighted by atomic mass is 32.2. The molecule has 0 saturated heterocycles. The second kappa shape index (κ2) is 6.41. The number of hydrogen-bond acceptors (Lipinski definition) is 5. The molecule has 1 rings (SSSR count). The number of benzene rings is 1. The van der Waals surface area contributed by atoms with Crippen LogP contribution in [-0.4, -0.2) is 30.6 Å². The molecule has 0 aliphatic carbocycles. The first kappa shape index (κ1) is 18.7. The van der Waals surface area contributed by atoms with Gasteiger partial charge in [0.25, 0.3) is 0 Å². The van der Waals surface area contributed by atoms with Gasteiger partial charge in [0.2, 0.25) is 0 Å². The number of carbonyl (C=O) groups is 2. The summed E-state index contributed by atoms with van der Waals surface area (Å²) in [4.78, 5) is 22.2. The van der Waals surface area contributed by atoms with Gasteiger partial charge in [-0.1, -0.05) is 38.5 Å². The summed E-state index contributed by atoms with van der Waals surface area (Å²) < 4.78 is 29.5. The molecule has 0 radical (unpaired) electrons.